The summed E-state index contributed by atoms with van der Waals surface area (Å²) in [6, 6.07) is 0. The summed E-state index contributed by atoms with van der Waals surface area (Å²) in [5, 5.41) is 10.6. The minimum Gasteiger partial charge on any atom is -0.367 e. The maximum atomic E-state index is 10.9. The molecule has 0 aliphatic rings. The van der Waals surface area contributed by atoms with E-state index in [0.717, 1.165) is 11.5 Å². The number of rotatable bonds is 4. The maximum absolute atomic E-state index is 10.9. The van der Waals surface area contributed by atoms with E-state index in [-0.39, 0.29) is 5.69 Å². The molecule has 0 amide bonds. The van der Waals surface area contributed by atoms with Gasteiger partial charge in [-0.25, -0.2) is 0 Å². The Labute approximate surface area is 93.2 Å². The fourth-order valence-electron chi connectivity index (χ4n) is 0.880. The highest BCUT2D eigenvalue weighted by molar-refractivity contribution is 7.72. The van der Waals surface area contributed by atoms with Gasteiger partial charge in [0.25, 0.3) is 5.08 Å². The Kier molecular flexibility index (Phi) is 3.68. The van der Waals surface area contributed by atoms with E-state index in [4.69, 9.17) is 19.6 Å². The van der Waals surface area contributed by atoms with E-state index in [2.05, 4.69) is 9.59 Å². The summed E-state index contributed by atoms with van der Waals surface area (Å²) in [6.45, 7) is 0. The van der Waals surface area contributed by atoms with E-state index >= 15 is 0 Å². The Morgan fingerprint density at radius 2 is 1.75 bits per heavy atom. The Morgan fingerprint density at radius 3 is 2.06 bits per heavy atom. The van der Waals surface area contributed by atoms with Crippen LogP contribution in [0.15, 0.2) is 5.38 Å². The zero-order valence-corrected chi connectivity index (χ0v) is 10.1. The second kappa shape index (κ2) is 4.25. The smallest absolute Gasteiger partial charge is 0.367 e. The van der Waals surface area contributed by atoms with Crippen LogP contribution >= 0.6 is 26.7 Å². The largest absolute Gasteiger partial charge is 0.369 e. The zero-order chi connectivity index (χ0) is 12.6. The van der Waals surface area contributed by atoms with Crippen molar-refractivity contribution in [3.8, 4) is 0 Å². The molecule has 0 saturated carbocycles. The lowest BCUT2D eigenvalue weighted by molar-refractivity contribution is 0.130. The lowest BCUT2D eigenvalue weighted by atomic mass is 10.3. The van der Waals surface area contributed by atoms with Crippen molar-refractivity contribution in [2.75, 3.05) is 0 Å². The lowest BCUT2D eigenvalue weighted by Gasteiger charge is -2.28. The second-order valence-corrected chi connectivity index (χ2v) is 7.55. The minimum absolute atomic E-state index is 0.112. The lowest BCUT2D eigenvalue weighted by Crippen LogP contribution is -2.31. The summed E-state index contributed by atoms with van der Waals surface area (Å²) >= 11 is 0.823. The van der Waals surface area contributed by atoms with Gasteiger partial charge in [-0.1, -0.05) is 4.49 Å². The zero-order valence-electron chi connectivity index (χ0n) is 7.53. The molecule has 0 aromatic carbocycles. The molecule has 0 radical (unpaired) electrons. The molecule has 1 aromatic rings. The van der Waals surface area contributed by atoms with Gasteiger partial charge in [0, 0.05) is 11.8 Å². The maximum Gasteiger partial charge on any atom is 0.369 e. The van der Waals surface area contributed by atoms with Gasteiger partial charge in [0.2, 0.25) is 0 Å². The molecule has 12 heteroatoms. The number of aromatic nitrogens is 2. The first kappa shape index (κ1) is 13.9. The van der Waals surface area contributed by atoms with Crippen molar-refractivity contribution in [3.05, 3.63) is 11.1 Å². The van der Waals surface area contributed by atoms with Crippen molar-refractivity contribution < 1.29 is 33.8 Å². The molecule has 0 aliphatic heterocycles. The fourth-order valence-corrected chi connectivity index (χ4v) is 3.42. The highest BCUT2D eigenvalue weighted by Crippen LogP contribution is 2.68. The Hall–Kier alpha value is -0.180. The molecule has 92 valence electrons. The number of hydrogen-bond acceptors (Lipinski definition) is 6. The van der Waals surface area contributed by atoms with Crippen LogP contribution < -0.4 is 0 Å². The predicted molar refractivity (Wildman–Crippen MR) is 52.7 cm³/mol. The number of hydrogen-bond donors (Lipinski definition) is 5. The van der Waals surface area contributed by atoms with E-state index in [9.17, 15) is 14.2 Å². The molecule has 5 N–H and O–H groups in total. The number of nitrogens with zero attached hydrogens (tertiary/aromatic N) is 2. The standard InChI is InChI=1S/C4H8N2O7P2S/c7-4(14(8,9)10,15(11,12)13)1-3-2-16-6-5-3/h2,7H,1H2,(H2,8,9,10)(H2,11,12,13). The van der Waals surface area contributed by atoms with Crippen LogP contribution in [0.25, 0.3) is 0 Å². The molecule has 0 fully saturated rings. The third-order valence-electron chi connectivity index (χ3n) is 1.76. The fraction of sp³-hybridized carbons (Fsp3) is 0.500. The summed E-state index contributed by atoms with van der Waals surface area (Å²) in [4.78, 5) is 35.2. The molecule has 0 unspecified atom stereocenters. The average molecular weight is 290 g/mol. The SMILES string of the molecule is O=P(O)(O)C(O)(Cc1csnn1)P(=O)(O)O. The van der Waals surface area contributed by atoms with Crippen molar-refractivity contribution in [3.63, 3.8) is 0 Å². The quantitative estimate of drug-likeness (QED) is 0.441. The molecule has 1 heterocycles. The van der Waals surface area contributed by atoms with Crippen LogP contribution in [0.1, 0.15) is 5.69 Å². The van der Waals surface area contributed by atoms with Gasteiger partial charge in [-0.2, -0.15) is 0 Å². The van der Waals surface area contributed by atoms with Crippen LogP contribution in [-0.2, 0) is 15.6 Å². The molecular weight excluding hydrogens is 282 g/mol. The van der Waals surface area contributed by atoms with Crippen molar-refractivity contribution in [1.29, 1.82) is 0 Å². The van der Waals surface area contributed by atoms with Crippen molar-refractivity contribution in [2.24, 2.45) is 0 Å². The molecule has 0 atom stereocenters. The van der Waals surface area contributed by atoms with E-state index in [0.29, 0.717) is 0 Å². The molecule has 16 heavy (non-hydrogen) atoms. The number of aliphatic hydroxyl groups is 1. The summed E-state index contributed by atoms with van der Waals surface area (Å²) < 4.78 is 25.2. The molecule has 0 aliphatic carbocycles. The van der Waals surface area contributed by atoms with Gasteiger partial charge in [-0.3, -0.25) is 9.13 Å². The molecular formula is C4H8N2O7P2S. The van der Waals surface area contributed by atoms with Crippen LogP contribution in [0.4, 0.5) is 0 Å². The van der Waals surface area contributed by atoms with E-state index in [1.807, 2.05) is 0 Å². The van der Waals surface area contributed by atoms with E-state index in [1.54, 1.807) is 0 Å². The topological polar surface area (TPSA) is 161 Å². The third-order valence-corrected chi connectivity index (χ3v) is 6.06. The van der Waals surface area contributed by atoms with E-state index in [1.165, 1.54) is 5.38 Å². The van der Waals surface area contributed by atoms with Gasteiger partial charge in [0.05, 0.1) is 5.69 Å². The summed E-state index contributed by atoms with van der Waals surface area (Å²) in [5.74, 6) is 0. The second-order valence-electron chi connectivity index (χ2n) is 2.94. The molecule has 9 nitrogen and oxygen atoms in total. The van der Waals surface area contributed by atoms with Gasteiger partial charge in [0.1, 0.15) is 0 Å². The monoisotopic (exact) mass is 290 g/mol. The highest BCUT2D eigenvalue weighted by atomic mass is 32.1. The van der Waals surface area contributed by atoms with Gasteiger partial charge in [-0.15, -0.1) is 5.10 Å². The van der Waals surface area contributed by atoms with Gasteiger partial charge in [0.15, 0.2) is 0 Å². The van der Waals surface area contributed by atoms with Gasteiger partial charge < -0.3 is 24.7 Å². The highest BCUT2D eigenvalue weighted by Gasteiger charge is 2.59. The van der Waals surface area contributed by atoms with Crippen molar-refractivity contribution in [2.45, 2.75) is 11.5 Å². The first-order valence-electron chi connectivity index (χ1n) is 3.67. The van der Waals surface area contributed by atoms with Crippen LogP contribution in [0.5, 0.6) is 0 Å². The third kappa shape index (κ3) is 2.55. The van der Waals surface area contributed by atoms with Crippen LogP contribution in [0, 0.1) is 0 Å². The first-order chi connectivity index (χ1) is 7.08. The van der Waals surface area contributed by atoms with Crippen LogP contribution in [0.3, 0.4) is 0 Å². The average Bonchev–Trinajstić information content (AvgIpc) is 2.52. The van der Waals surface area contributed by atoms with Gasteiger partial charge >= 0.3 is 15.2 Å². The minimum atomic E-state index is -5.42. The Balaban J connectivity index is 3.18. The normalized spacial score (nSPS) is 14.1. The summed E-state index contributed by atoms with van der Waals surface area (Å²) in [6.07, 6.45) is -0.974. The summed E-state index contributed by atoms with van der Waals surface area (Å²) in [5.41, 5.74) is -0.112. The van der Waals surface area contributed by atoms with Crippen molar-refractivity contribution in [1.82, 2.24) is 9.59 Å². The van der Waals surface area contributed by atoms with E-state index < -0.39 is 26.7 Å². The van der Waals surface area contributed by atoms with Crippen LogP contribution in [-0.4, -0.2) is 39.4 Å². The Morgan fingerprint density at radius 1 is 1.25 bits per heavy atom. The first-order valence-corrected chi connectivity index (χ1v) is 7.73. The van der Waals surface area contributed by atoms with Gasteiger partial charge in [-0.05, 0) is 11.5 Å². The predicted octanol–water partition coefficient (Wildman–Crippen LogP) is -0.918. The molecule has 0 spiro atoms. The molecule has 1 aromatic heterocycles. The Bertz CT molecular complexity index is 427. The summed E-state index contributed by atoms with van der Waals surface area (Å²) in [7, 11) is -10.8. The molecule has 0 saturated heterocycles. The molecule has 0 bridgehead atoms. The van der Waals surface area contributed by atoms with Crippen molar-refractivity contribution >= 4 is 26.7 Å². The molecule has 1 rings (SSSR count). The van der Waals surface area contributed by atoms with Crippen LogP contribution in [0.2, 0.25) is 0 Å².